The molecule has 5 nitrogen and oxygen atoms in total. The van der Waals surface area contributed by atoms with Crippen LogP contribution in [0, 0.1) is 0 Å². The van der Waals surface area contributed by atoms with Gasteiger partial charge in [0.2, 0.25) is 5.91 Å². The Bertz CT molecular complexity index is 927. The fourth-order valence-electron chi connectivity index (χ4n) is 2.72. The third-order valence-electron chi connectivity index (χ3n) is 3.93. The molecule has 2 heterocycles. The smallest absolute Gasteiger partial charge is 0.303 e. The molecule has 3 aromatic rings. The van der Waals surface area contributed by atoms with Crippen LogP contribution in [0.3, 0.4) is 0 Å². The highest BCUT2D eigenvalue weighted by atomic mass is 16.4. The van der Waals surface area contributed by atoms with Gasteiger partial charge in [-0.2, -0.15) is 0 Å². The molecule has 0 aliphatic carbocycles. The van der Waals surface area contributed by atoms with Crippen LogP contribution in [0.4, 0.5) is 0 Å². The summed E-state index contributed by atoms with van der Waals surface area (Å²) in [7, 11) is 0. The molecular formula is C20H18N2O3. The van der Waals surface area contributed by atoms with Gasteiger partial charge in [0, 0.05) is 42.4 Å². The van der Waals surface area contributed by atoms with Crippen molar-refractivity contribution in [3.63, 3.8) is 0 Å². The second-order valence-electron chi connectivity index (χ2n) is 5.73. The van der Waals surface area contributed by atoms with E-state index in [1.807, 2.05) is 48.6 Å². The zero-order chi connectivity index (χ0) is 17.6. The van der Waals surface area contributed by atoms with Crippen molar-refractivity contribution in [1.29, 1.82) is 0 Å². The molecule has 0 saturated carbocycles. The van der Waals surface area contributed by atoms with E-state index >= 15 is 0 Å². The first kappa shape index (κ1) is 16.6. The van der Waals surface area contributed by atoms with Crippen LogP contribution in [-0.4, -0.2) is 26.5 Å². The molecular weight excluding hydrogens is 316 g/mol. The average Bonchev–Trinajstić information content (AvgIpc) is 2.99. The Morgan fingerprint density at radius 3 is 2.68 bits per heavy atom. The highest BCUT2D eigenvalue weighted by Gasteiger charge is 2.12. The number of aromatic nitrogens is 2. The number of aliphatic carboxylic acids is 1. The predicted molar refractivity (Wildman–Crippen MR) is 97.2 cm³/mol. The van der Waals surface area contributed by atoms with Gasteiger partial charge < -0.3 is 5.11 Å². The quantitative estimate of drug-likeness (QED) is 0.736. The van der Waals surface area contributed by atoms with Gasteiger partial charge in [-0.25, -0.2) is 0 Å². The number of pyridine rings is 1. The summed E-state index contributed by atoms with van der Waals surface area (Å²) in [6, 6.07) is 11.5. The van der Waals surface area contributed by atoms with Crippen molar-refractivity contribution < 1.29 is 14.7 Å². The van der Waals surface area contributed by atoms with Gasteiger partial charge in [0.15, 0.2) is 0 Å². The Morgan fingerprint density at radius 1 is 1.08 bits per heavy atom. The van der Waals surface area contributed by atoms with Crippen molar-refractivity contribution in [2.45, 2.75) is 19.3 Å². The first-order chi connectivity index (χ1) is 12.1. The van der Waals surface area contributed by atoms with E-state index in [4.69, 9.17) is 5.11 Å². The Kier molecular flexibility index (Phi) is 5.04. The molecule has 1 N–H and O–H groups in total. The molecule has 0 bridgehead atoms. The van der Waals surface area contributed by atoms with E-state index in [0.29, 0.717) is 6.42 Å². The molecule has 0 fully saturated rings. The molecule has 5 heteroatoms. The number of carboxylic acid groups (broad SMARTS) is 1. The van der Waals surface area contributed by atoms with Gasteiger partial charge in [0.25, 0.3) is 0 Å². The molecule has 0 unspecified atom stereocenters. The maximum absolute atomic E-state index is 12.5. The van der Waals surface area contributed by atoms with Crippen LogP contribution >= 0.6 is 0 Å². The summed E-state index contributed by atoms with van der Waals surface area (Å²) in [5.41, 5.74) is 2.74. The molecule has 0 radical (unpaired) electrons. The average molecular weight is 334 g/mol. The SMILES string of the molecule is O=C(O)CCCC(=O)n1cc(/C=C/c2cccnc2)c2ccccc21. The maximum atomic E-state index is 12.5. The first-order valence-corrected chi connectivity index (χ1v) is 8.08. The van der Waals surface area contributed by atoms with Gasteiger partial charge in [0.05, 0.1) is 5.52 Å². The van der Waals surface area contributed by atoms with Gasteiger partial charge in [-0.1, -0.05) is 36.4 Å². The monoisotopic (exact) mass is 334 g/mol. The Morgan fingerprint density at radius 2 is 1.92 bits per heavy atom. The zero-order valence-corrected chi connectivity index (χ0v) is 13.6. The summed E-state index contributed by atoms with van der Waals surface area (Å²) < 4.78 is 1.61. The number of rotatable bonds is 6. The van der Waals surface area contributed by atoms with Crippen LogP contribution in [0.5, 0.6) is 0 Å². The minimum absolute atomic E-state index is 0.00128. The highest BCUT2D eigenvalue weighted by molar-refractivity contribution is 5.98. The van der Waals surface area contributed by atoms with Crippen LogP contribution < -0.4 is 0 Å². The molecule has 126 valence electrons. The summed E-state index contributed by atoms with van der Waals surface area (Å²) in [6.45, 7) is 0. The van der Waals surface area contributed by atoms with Crippen molar-refractivity contribution in [1.82, 2.24) is 9.55 Å². The lowest BCUT2D eigenvalue weighted by molar-refractivity contribution is -0.137. The van der Waals surface area contributed by atoms with Gasteiger partial charge in [0.1, 0.15) is 0 Å². The number of hydrogen-bond donors (Lipinski definition) is 1. The molecule has 0 spiro atoms. The molecule has 2 aromatic heterocycles. The largest absolute Gasteiger partial charge is 0.481 e. The van der Waals surface area contributed by atoms with Gasteiger partial charge in [-0.15, -0.1) is 0 Å². The summed E-state index contributed by atoms with van der Waals surface area (Å²) in [5, 5.41) is 9.70. The fraction of sp³-hybridized carbons (Fsp3) is 0.150. The second kappa shape index (κ2) is 7.57. The molecule has 0 amide bonds. The Balaban J connectivity index is 1.89. The molecule has 0 atom stereocenters. The molecule has 0 aliphatic heterocycles. The van der Waals surface area contributed by atoms with Gasteiger partial charge >= 0.3 is 5.97 Å². The lowest BCUT2D eigenvalue weighted by Crippen LogP contribution is -2.09. The minimum Gasteiger partial charge on any atom is -0.481 e. The van der Waals surface area contributed by atoms with E-state index in [9.17, 15) is 9.59 Å². The first-order valence-electron chi connectivity index (χ1n) is 8.08. The Hall–Kier alpha value is -3.21. The zero-order valence-electron chi connectivity index (χ0n) is 13.6. The number of carbonyl (C=O) groups excluding carboxylic acids is 1. The molecule has 0 saturated heterocycles. The normalized spacial score (nSPS) is 11.2. The van der Waals surface area contributed by atoms with Crippen LogP contribution in [0.2, 0.25) is 0 Å². The number of benzene rings is 1. The molecule has 0 aliphatic rings. The third-order valence-corrected chi connectivity index (χ3v) is 3.93. The topological polar surface area (TPSA) is 72.2 Å². The summed E-state index contributed by atoms with van der Waals surface area (Å²) >= 11 is 0. The summed E-state index contributed by atoms with van der Waals surface area (Å²) in [5.74, 6) is -0.983. The number of para-hydroxylation sites is 1. The standard InChI is InChI=1S/C20H18N2O3/c23-19(8-3-9-20(24)25)22-14-16(17-6-1-2-7-18(17)22)11-10-15-5-4-12-21-13-15/h1-2,4-7,10-14H,3,8-9H2,(H,24,25)/b11-10+. The predicted octanol–water partition coefficient (Wildman–Crippen LogP) is 4.10. The van der Waals surface area contributed by atoms with E-state index in [1.165, 1.54) is 0 Å². The molecule has 3 rings (SSSR count). The maximum Gasteiger partial charge on any atom is 0.303 e. The van der Waals surface area contributed by atoms with E-state index in [1.54, 1.807) is 23.2 Å². The van der Waals surface area contributed by atoms with Crippen molar-refractivity contribution in [2.75, 3.05) is 0 Å². The van der Waals surface area contributed by atoms with Crippen LogP contribution in [-0.2, 0) is 4.79 Å². The third kappa shape index (κ3) is 4.01. The molecule has 25 heavy (non-hydrogen) atoms. The van der Waals surface area contributed by atoms with E-state index < -0.39 is 5.97 Å². The Labute approximate surface area is 145 Å². The van der Waals surface area contributed by atoms with Crippen LogP contribution in [0.1, 0.15) is 35.2 Å². The van der Waals surface area contributed by atoms with Gasteiger partial charge in [-0.05, 0) is 24.1 Å². The van der Waals surface area contributed by atoms with Gasteiger partial charge in [-0.3, -0.25) is 19.1 Å². The fourth-order valence-corrected chi connectivity index (χ4v) is 2.72. The second-order valence-corrected chi connectivity index (χ2v) is 5.73. The van der Waals surface area contributed by atoms with Crippen molar-refractivity contribution >= 4 is 34.9 Å². The van der Waals surface area contributed by atoms with Crippen molar-refractivity contribution in [2.24, 2.45) is 0 Å². The van der Waals surface area contributed by atoms with Crippen LogP contribution in [0.15, 0.2) is 55.0 Å². The number of carboxylic acids is 1. The molecule has 1 aromatic carbocycles. The lowest BCUT2D eigenvalue weighted by atomic mass is 10.1. The number of hydrogen-bond acceptors (Lipinski definition) is 3. The lowest BCUT2D eigenvalue weighted by Gasteiger charge is -2.02. The minimum atomic E-state index is -0.884. The van der Waals surface area contributed by atoms with E-state index in [2.05, 4.69) is 4.98 Å². The van der Waals surface area contributed by atoms with Crippen LogP contribution in [0.25, 0.3) is 23.1 Å². The summed E-state index contributed by atoms with van der Waals surface area (Å²) in [6.07, 6.45) is 9.75. The number of carbonyl (C=O) groups is 2. The highest BCUT2D eigenvalue weighted by Crippen LogP contribution is 2.24. The van der Waals surface area contributed by atoms with E-state index in [-0.39, 0.29) is 18.7 Å². The summed E-state index contributed by atoms with van der Waals surface area (Å²) in [4.78, 5) is 27.2. The number of nitrogens with zero attached hydrogens (tertiary/aromatic N) is 2. The van der Waals surface area contributed by atoms with Crippen molar-refractivity contribution in [3.8, 4) is 0 Å². The number of fused-ring (bicyclic) bond motifs is 1. The van der Waals surface area contributed by atoms with Crippen molar-refractivity contribution in [3.05, 3.63) is 66.1 Å². The van der Waals surface area contributed by atoms with E-state index in [0.717, 1.165) is 22.0 Å².